The Morgan fingerprint density at radius 3 is 2.12 bits per heavy atom. The van der Waals surface area contributed by atoms with Gasteiger partial charge in [-0.1, -0.05) is 0 Å². The summed E-state index contributed by atoms with van der Waals surface area (Å²) in [5.41, 5.74) is 7.31. The second-order valence-corrected chi connectivity index (χ2v) is 5.34. The monoisotopic (exact) mass is 235 g/mol. The lowest BCUT2D eigenvalue weighted by atomic mass is 9.92. The molecule has 1 unspecified atom stereocenters. The van der Waals surface area contributed by atoms with Crippen LogP contribution in [-0.4, -0.2) is 12.2 Å². The summed E-state index contributed by atoms with van der Waals surface area (Å²) in [6, 6.07) is 0. The van der Waals surface area contributed by atoms with Crippen LogP contribution in [0.15, 0.2) is 0 Å². The Hall–Kier alpha value is -0.960. The summed E-state index contributed by atoms with van der Waals surface area (Å²) in [6.45, 7) is 8.46. The third-order valence-electron chi connectivity index (χ3n) is 3.72. The molecule has 1 aromatic rings. The summed E-state index contributed by atoms with van der Waals surface area (Å²) in [5, 5.41) is 2.98. The van der Waals surface area contributed by atoms with E-state index in [0.717, 1.165) is 5.69 Å². The number of carbonyl (C=O) groups excluding carboxylic acids is 1. The summed E-state index contributed by atoms with van der Waals surface area (Å²) in [5.74, 6) is 0.124. The molecule has 0 fully saturated rings. The van der Waals surface area contributed by atoms with E-state index >= 15 is 0 Å². The Balaban J connectivity index is 2.76. The molecule has 1 N–H and O–H groups in total. The Morgan fingerprint density at radius 1 is 1.00 bits per heavy atom. The summed E-state index contributed by atoms with van der Waals surface area (Å²) in [6.07, 6.45) is 1.99. The van der Waals surface area contributed by atoms with Crippen molar-refractivity contribution in [2.75, 3.05) is 11.6 Å². The predicted molar refractivity (Wildman–Crippen MR) is 70.3 cm³/mol. The Bertz CT molecular complexity index is 480. The van der Waals surface area contributed by atoms with E-state index in [1.807, 2.05) is 6.26 Å². The van der Waals surface area contributed by atoms with Crippen LogP contribution < -0.4 is 5.32 Å². The minimum atomic E-state index is -0.0343. The maximum atomic E-state index is 11.9. The lowest BCUT2D eigenvalue weighted by molar-refractivity contribution is -0.115. The fourth-order valence-corrected chi connectivity index (χ4v) is 3.18. The van der Waals surface area contributed by atoms with Crippen LogP contribution in [0.2, 0.25) is 0 Å². The molecular formula is C13H17NOS. The molecule has 0 aliphatic carbocycles. The highest BCUT2D eigenvalue weighted by molar-refractivity contribution is 7.99. The quantitative estimate of drug-likeness (QED) is 0.809. The normalized spacial score (nSPS) is 18.6. The van der Waals surface area contributed by atoms with Crippen LogP contribution in [-0.2, 0) is 4.79 Å². The highest BCUT2D eigenvalue weighted by Crippen LogP contribution is 2.44. The number of benzene rings is 1. The SMILES string of the molecule is CSC1C(=O)Nc2c(C)c(C)c(C)c(C)c21. The first-order chi connectivity index (χ1) is 7.49. The lowest BCUT2D eigenvalue weighted by Gasteiger charge is -2.16. The first-order valence-corrected chi connectivity index (χ1v) is 6.71. The van der Waals surface area contributed by atoms with E-state index in [2.05, 4.69) is 33.0 Å². The topological polar surface area (TPSA) is 29.1 Å². The zero-order chi connectivity index (χ0) is 12.0. The maximum absolute atomic E-state index is 11.9. The first-order valence-electron chi connectivity index (χ1n) is 5.43. The van der Waals surface area contributed by atoms with Crippen molar-refractivity contribution in [2.45, 2.75) is 32.9 Å². The first kappa shape index (κ1) is 11.5. The van der Waals surface area contributed by atoms with E-state index in [-0.39, 0.29) is 11.2 Å². The zero-order valence-corrected chi connectivity index (χ0v) is 11.2. The van der Waals surface area contributed by atoms with Gasteiger partial charge in [0.1, 0.15) is 5.25 Å². The third kappa shape index (κ3) is 1.38. The number of hydrogen-bond acceptors (Lipinski definition) is 2. The molecule has 0 saturated heterocycles. The van der Waals surface area contributed by atoms with Crippen molar-refractivity contribution in [2.24, 2.45) is 0 Å². The van der Waals surface area contributed by atoms with Crippen molar-refractivity contribution in [3.8, 4) is 0 Å². The van der Waals surface area contributed by atoms with Crippen LogP contribution in [0, 0.1) is 27.7 Å². The molecule has 0 aromatic heterocycles. The molecule has 2 nitrogen and oxygen atoms in total. The van der Waals surface area contributed by atoms with Crippen LogP contribution in [0.1, 0.15) is 33.1 Å². The van der Waals surface area contributed by atoms with Gasteiger partial charge in [0.15, 0.2) is 0 Å². The molecule has 1 heterocycles. The summed E-state index contributed by atoms with van der Waals surface area (Å²) < 4.78 is 0. The van der Waals surface area contributed by atoms with E-state index < -0.39 is 0 Å². The van der Waals surface area contributed by atoms with Crippen LogP contribution in [0.25, 0.3) is 0 Å². The molecule has 1 amide bonds. The number of hydrogen-bond donors (Lipinski definition) is 1. The van der Waals surface area contributed by atoms with Gasteiger partial charge in [0.2, 0.25) is 5.91 Å². The third-order valence-corrected chi connectivity index (χ3v) is 4.64. The second-order valence-electron chi connectivity index (χ2n) is 4.39. The van der Waals surface area contributed by atoms with Gasteiger partial charge in [-0.15, -0.1) is 11.8 Å². The van der Waals surface area contributed by atoms with Crippen LogP contribution in [0.3, 0.4) is 0 Å². The van der Waals surface area contributed by atoms with E-state index in [1.54, 1.807) is 11.8 Å². The van der Waals surface area contributed by atoms with Crippen LogP contribution in [0.5, 0.6) is 0 Å². The maximum Gasteiger partial charge on any atom is 0.242 e. The molecule has 1 aromatic carbocycles. The number of nitrogens with one attached hydrogen (secondary N) is 1. The lowest BCUT2D eigenvalue weighted by Crippen LogP contribution is -2.08. The highest BCUT2D eigenvalue weighted by atomic mass is 32.2. The highest BCUT2D eigenvalue weighted by Gasteiger charge is 2.33. The summed E-state index contributed by atoms with van der Waals surface area (Å²) in [4.78, 5) is 11.9. The molecule has 0 saturated carbocycles. The minimum Gasteiger partial charge on any atom is -0.324 e. The van der Waals surface area contributed by atoms with E-state index in [9.17, 15) is 4.79 Å². The molecule has 0 spiro atoms. The number of anilines is 1. The molecule has 86 valence electrons. The van der Waals surface area contributed by atoms with Gasteiger partial charge >= 0.3 is 0 Å². The van der Waals surface area contributed by atoms with Crippen molar-refractivity contribution >= 4 is 23.4 Å². The predicted octanol–water partition coefficient (Wildman–Crippen LogP) is 3.28. The summed E-state index contributed by atoms with van der Waals surface area (Å²) in [7, 11) is 0. The molecule has 16 heavy (non-hydrogen) atoms. The number of carbonyl (C=O) groups is 1. The second kappa shape index (κ2) is 3.81. The molecule has 1 aliphatic rings. The van der Waals surface area contributed by atoms with Gasteiger partial charge in [-0.2, -0.15) is 0 Å². The van der Waals surface area contributed by atoms with Crippen LogP contribution in [0.4, 0.5) is 5.69 Å². The van der Waals surface area contributed by atoms with Gasteiger partial charge < -0.3 is 5.32 Å². The van der Waals surface area contributed by atoms with Crippen molar-refractivity contribution in [3.63, 3.8) is 0 Å². The van der Waals surface area contributed by atoms with E-state index in [0.29, 0.717) is 0 Å². The van der Waals surface area contributed by atoms with E-state index in [1.165, 1.54) is 27.8 Å². The van der Waals surface area contributed by atoms with Gasteiger partial charge in [0, 0.05) is 11.3 Å². The largest absolute Gasteiger partial charge is 0.324 e. The van der Waals surface area contributed by atoms with Crippen molar-refractivity contribution in [1.82, 2.24) is 0 Å². The fourth-order valence-electron chi connectivity index (χ4n) is 2.38. The van der Waals surface area contributed by atoms with Crippen molar-refractivity contribution in [1.29, 1.82) is 0 Å². The van der Waals surface area contributed by atoms with Gasteiger partial charge in [-0.25, -0.2) is 0 Å². The van der Waals surface area contributed by atoms with Gasteiger partial charge in [0.05, 0.1) is 0 Å². The van der Waals surface area contributed by atoms with Crippen molar-refractivity contribution in [3.05, 3.63) is 27.8 Å². The molecule has 1 atom stereocenters. The molecular weight excluding hydrogens is 218 g/mol. The number of thioether (sulfide) groups is 1. The fraction of sp³-hybridized carbons (Fsp3) is 0.462. The molecule has 0 bridgehead atoms. The van der Waals surface area contributed by atoms with Gasteiger partial charge in [-0.3, -0.25) is 4.79 Å². The Morgan fingerprint density at radius 2 is 1.56 bits per heavy atom. The smallest absolute Gasteiger partial charge is 0.242 e. The van der Waals surface area contributed by atoms with Crippen LogP contribution >= 0.6 is 11.8 Å². The zero-order valence-electron chi connectivity index (χ0n) is 10.4. The Kier molecular flexibility index (Phi) is 2.74. The number of amides is 1. The number of rotatable bonds is 1. The average Bonchev–Trinajstić information content (AvgIpc) is 2.60. The standard InChI is InChI=1S/C13H17NOS/c1-6-7(2)9(4)11-10(8(6)3)12(16-5)13(15)14-11/h12H,1-5H3,(H,14,15). The van der Waals surface area contributed by atoms with Gasteiger partial charge in [-0.05, 0) is 56.2 Å². The molecule has 2 rings (SSSR count). The van der Waals surface area contributed by atoms with E-state index in [4.69, 9.17) is 0 Å². The number of fused-ring (bicyclic) bond motifs is 1. The van der Waals surface area contributed by atoms with Gasteiger partial charge in [0.25, 0.3) is 0 Å². The minimum absolute atomic E-state index is 0.0343. The Labute approximate surface area is 101 Å². The van der Waals surface area contributed by atoms with Crippen molar-refractivity contribution < 1.29 is 4.79 Å². The molecule has 0 radical (unpaired) electrons. The summed E-state index contributed by atoms with van der Waals surface area (Å²) >= 11 is 1.61. The molecule has 3 heteroatoms. The molecule has 1 aliphatic heterocycles. The average molecular weight is 235 g/mol.